The van der Waals surface area contributed by atoms with E-state index in [0.29, 0.717) is 19.2 Å². The van der Waals surface area contributed by atoms with Gasteiger partial charge in [-0.25, -0.2) is 4.39 Å². The molecule has 0 unspecified atom stereocenters. The van der Waals surface area contributed by atoms with E-state index in [2.05, 4.69) is 5.32 Å². The highest BCUT2D eigenvalue weighted by molar-refractivity contribution is 5.33. The molecule has 0 aromatic heterocycles. The van der Waals surface area contributed by atoms with Crippen LogP contribution in [0.15, 0.2) is 18.2 Å². The summed E-state index contributed by atoms with van der Waals surface area (Å²) in [5, 5.41) is 3.16. The molecular weight excluding hydrogens is 302 g/mol. The van der Waals surface area contributed by atoms with Crippen LogP contribution in [0.1, 0.15) is 18.9 Å². The Hall–Kier alpha value is -1.34. The van der Waals surface area contributed by atoms with Crippen molar-refractivity contribution in [2.75, 3.05) is 26.3 Å². The first-order chi connectivity index (χ1) is 10.4. The van der Waals surface area contributed by atoms with Gasteiger partial charge in [-0.3, -0.25) is 0 Å². The predicted octanol–water partition coefficient (Wildman–Crippen LogP) is 3.24. The summed E-state index contributed by atoms with van der Waals surface area (Å²) in [5.41, 5.74) is -1.32. The van der Waals surface area contributed by atoms with Crippen molar-refractivity contribution in [3.8, 4) is 5.75 Å². The second kappa shape index (κ2) is 7.28. The fourth-order valence-electron chi connectivity index (χ4n) is 2.48. The Balaban J connectivity index is 2.18. The molecule has 7 heteroatoms. The van der Waals surface area contributed by atoms with Gasteiger partial charge < -0.3 is 14.8 Å². The van der Waals surface area contributed by atoms with Crippen molar-refractivity contribution in [2.24, 2.45) is 5.92 Å². The van der Waals surface area contributed by atoms with Crippen molar-refractivity contribution in [1.82, 2.24) is 5.32 Å². The molecule has 1 aliphatic rings. The third-order valence-electron chi connectivity index (χ3n) is 3.66. The van der Waals surface area contributed by atoms with Crippen molar-refractivity contribution >= 4 is 0 Å². The first kappa shape index (κ1) is 17.0. The minimum atomic E-state index is -4.74. The zero-order valence-corrected chi connectivity index (χ0v) is 12.3. The molecule has 1 aromatic carbocycles. The van der Waals surface area contributed by atoms with E-state index in [4.69, 9.17) is 9.47 Å². The summed E-state index contributed by atoms with van der Waals surface area (Å²) in [5.74, 6) is -1.67. The van der Waals surface area contributed by atoms with Crippen LogP contribution in [0.25, 0.3) is 0 Å². The molecule has 1 aromatic rings. The third kappa shape index (κ3) is 4.10. The van der Waals surface area contributed by atoms with Crippen LogP contribution in [0.2, 0.25) is 0 Å². The quantitative estimate of drug-likeness (QED) is 0.816. The van der Waals surface area contributed by atoms with Gasteiger partial charge in [-0.2, -0.15) is 13.2 Å². The summed E-state index contributed by atoms with van der Waals surface area (Å²) in [6, 6.07) is 3.06. The van der Waals surface area contributed by atoms with Gasteiger partial charge in [0.1, 0.15) is 6.10 Å². The molecule has 0 bridgehead atoms. The van der Waals surface area contributed by atoms with Gasteiger partial charge in [0.25, 0.3) is 0 Å². The summed E-state index contributed by atoms with van der Waals surface area (Å²) < 4.78 is 63.1. The number of halogens is 4. The van der Waals surface area contributed by atoms with Crippen molar-refractivity contribution in [1.29, 1.82) is 0 Å². The first-order valence-electron chi connectivity index (χ1n) is 7.24. The Bertz CT molecular complexity index is 487. The molecule has 0 aliphatic carbocycles. The van der Waals surface area contributed by atoms with Crippen molar-refractivity contribution < 1.29 is 27.0 Å². The maximum absolute atomic E-state index is 14.0. The normalized spacial score (nSPS) is 20.1. The van der Waals surface area contributed by atoms with Gasteiger partial charge >= 0.3 is 6.18 Å². The van der Waals surface area contributed by atoms with E-state index in [1.165, 1.54) is 6.07 Å². The zero-order chi connectivity index (χ0) is 16.2. The third-order valence-corrected chi connectivity index (χ3v) is 3.66. The molecular formula is C15H19F4NO2. The summed E-state index contributed by atoms with van der Waals surface area (Å²) in [4.78, 5) is 0. The molecule has 0 spiro atoms. The Kier molecular flexibility index (Phi) is 5.63. The largest absolute Gasteiger partial charge is 0.485 e. The molecule has 0 radical (unpaired) electrons. The van der Waals surface area contributed by atoms with Crippen LogP contribution in [-0.4, -0.2) is 32.4 Å². The number of alkyl halides is 3. The van der Waals surface area contributed by atoms with Crippen LogP contribution in [0.5, 0.6) is 5.75 Å². The van der Waals surface area contributed by atoms with Crippen LogP contribution in [0.3, 0.4) is 0 Å². The van der Waals surface area contributed by atoms with Crippen LogP contribution < -0.4 is 10.1 Å². The lowest BCUT2D eigenvalue weighted by Crippen LogP contribution is -2.33. The van der Waals surface area contributed by atoms with Gasteiger partial charge in [0.2, 0.25) is 0 Å². The van der Waals surface area contributed by atoms with Crippen LogP contribution in [0, 0.1) is 11.7 Å². The van der Waals surface area contributed by atoms with E-state index in [-0.39, 0.29) is 18.3 Å². The van der Waals surface area contributed by atoms with Crippen molar-refractivity contribution in [2.45, 2.75) is 25.6 Å². The van der Waals surface area contributed by atoms with Crippen molar-refractivity contribution in [3.63, 3.8) is 0 Å². The number of ether oxygens (including phenoxy) is 2. The molecule has 124 valence electrons. The van der Waals surface area contributed by atoms with Crippen LogP contribution in [0.4, 0.5) is 17.6 Å². The number of hydrogen-bond donors (Lipinski definition) is 1. The highest BCUT2D eigenvalue weighted by atomic mass is 19.4. The van der Waals surface area contributed by atoms with Gasteiger partial charge in [0.15, 0.2) is 11.6 Å². The Morgan fingerprint density at radius 1 is 1.36 bits per heavy atom. The Morgan fingerprint density at radius 3 is 2.73 bits per heavy atom. The van der Waals surface area contributed by atoms with E-state index in [1.54, 1.807) is 0 Å². The molecule has 1 saturated heterocycles. The molecule has 3 nitrogen and oxygen atoms in total. The van der Waals surface area contributed by atoms with E-state index >= 15 is 0 Å². The van der Waals surface area contributed by atoms with E-state index in [9.17, 15) is 17.6 Å². The second-order valence-electron chi connectivity index (χ2n) is 5.18. The standard InChI is InChI=1S/C15H19F4NO2/c1-2-21-9-13(10-6-7-20-8-10)22-12-5-3-4-11(14(12)16)15(17,18)19/h3-5,10,13,20H,2,6-9H2,1H3/t10-,13-/m0/s1. The fourth-order valence-corrected chi connectivity index (χ4v) is 2.48. The molecule has 1 fully saturated rings. The average Bonchev–Trinajstić information content (AvgIpc) is 2.98. The zero-order valence-electron chi connectivity index (χ0n) is 12.3. The molecule has 22 heavy (non-hydrogen) atoms. The maximum Gasteiger partial charge on any atom is 0.419 e. The lowest BCUT2D eigenvalue weighted by molar-refractivity contribution is -0.140. The second-order valence-corrected chi connectivity index (χ2v) is 5.18. The van der Waals surface area contributed by atoms with E-state index < -0.39 is 23.7 Å². The summed E-state index contributed by atoms with van der Waals surface area (Å²) in [6.07, 6.45) is -4.40. The van der Waals surface area contributed by atoms with Crippen LogP contribution in [-0.2, 0) is 10.9 Å². The monoisotopic (exact) mass is 321 g/mol. The SMILES string of the molecule is CCOC[C@H](Oc1cccc(C(F)(F)F)c1F)[C@H]1CCNC1. The summed E-state index contributed by atoms with van der Waals surface area (Å²) >= 11 is 0. The van der Waals surface area contributed by atoms with Gasteiger partial charge in [0, 0.05) is 19.1 Å². The van der Waals surface area contributed by atoms with Gasteiger partial charge in [0.05, 0.1) is 12.2 Å². The minimum absolute atomic E-state index is 0.0838. The van der Waals surface area contributed by atoms with Gasteiger partial charge in [-0.1, -0.05) is 6.07 Å². The van der Waals surface area contributed by atoms with Gasteiger partial charge in [-0.15, -0.1) is 0 Å². The highest BCUT2D eigenvalue weighted by Crippen LogP contribution is 2.35. The van der Waals surface area contributed by atoms with E-state index in [0.717, 1.165) is 19.0 Å². The average molecular weight is 321 g/mol. The number of hydrogen-bond acceptors (Lipinski definition) is 3. The maximum atomic E-state index is 14.0. The smallest absolute Gasteiger partial charge is 0.419 e. The fraction of sp³-hybridized carbons (Fsp3) is 0.600. The van der Waals surface area contributed by atoms with Gasteiger partial charge in [-0.05, 0) is 32.0 Å². The minimum Gasteiger partial charge on any atom is -0.485 e. The summed E-state index contributed by atoms with van der Waals surface area (Å²) in [6.45, 7) is 3.98. The Labute approximate surface area is 126 Å². The molecule has 1 heterocycles. The molecule has 0 amide bonds. The molecule has 1 N–H and O–H groups in total. The lowest BCUT2D eigenvalue weighted by atomic mass is 10.0. The lowest BCUT2D eigenvalue weighted by Gasteiger charge is -2.25. The van der Waals surface area contributed by atoms with E-state index in [1.807, 2.05) is 6.92 Å². The Morgan fingerprint density at radius 2 is 2.14 bits per heavy atom. The summed E-state index contributed by atoms with van der Waals surface area (Å²) in [7, 11) is 0. The molecule has 2 atom stereocenters. The molecule has 2 rings (SSSR count). The molecule has 0 saturated carbocycles. The highest BCUT2D eigenvalue weighted by Gasteiger charge is 2.36. The predicted molar refractivity (Wildman–Crippen MR) is 73.3 cm³/mol. The number of rotatable bonds is 6. The number of benzene rings is 1. The topological polar surface area (TPSA) is 30.5 Å². The van der Waals surface area contributed by atoms with Crippen molar-refractivity contribution in [3.05, 3.63) is 29.6 Å². The molecule has 1 aliphatic heterocycles. The first-order valence-corrected chi connectivity index (χ1v) is 7.24. The van der Waals surface area contributed by atoms with Crippen LogP contribution >= 0.6 is 0 Å². The number of nitrogens with one attached hydrogen (secondary N) is 1.